The maximum absolute atomic E-state index is 13.2. The summed E-state index contributed by atoms with van der Waals surface area (Å²) in [5.41, 5.74) is 6.35. The largest absolute Gasteiger partial charge is 0.368 e. The molecule has 1 aliphatic carbocycles. The predicted octanol–water partition coefficient (Wildman–Crippen LogP) is 2.16. The maximum Gasteiger partial charge on any atom is 0.267 e. The van der Waals surface area contributed by atoms with Crippen molar-refractivity contribution in [1.82, 2.24) is 10.2 Å². The highest BCUT2D eigenvalue weighted by molar-refractivity contribution is 6.40. The van der Waals surface area contributed by atoms with Gasteiger partial charge in [0, 0.05) is 31.6 Å². The summed E-state index contributed by atoms with van der Waals surface area (Å²) in [7, 11) is 0. The number of nitrogens with two attached hydrogens (primary N) is 1. The average molecular weight is 416 g/mol. The molecule has 2 amide bonds. The van der Waals surface area contributed by atoms with E-state index in [-0.39, 0.29) is 29.9 Å². The third-order valence-electron chi connectivity index (χ3n) is 6.49. The molecule has 2 heterocycles. The molecular weight excluding hydrogens is 385 g/mol. The monoisotopic (exact) mass is 415 g/mol. The van der Waals surface area contributed by atoms with Crippen LogP contribution in [-0.2, 0) is 9.59 Å². The van der Waals surface area contributed by atoms with E-state index in [9.17, 15) is 14.0 Å². The van der Waals surface area contributed by atoms with E-state index in [2.05, 4.69) is 15.3 Å². The van der Waals surface area contributed by atoms with Crippen molar-refractivity contribution < 1.29 is 14.0 Å². The van der Waals surface area contributed by atoms with Crippen LogP contribution in [0.4, 0.5) is 10.1 Å². The Morgan fingerprint density at radius 2 is 1.77 bits per heavy atom. The summed E-state index contributed by atoms with van der Waals surface area (Å²) >= 11 is 0. The number of nitrogens with one attached hydrogen (secondary N) is 1. The fourth-order valence-electron chi connectivity index (χ4n) is 4.83. The van der Waals surface area contributed by atoms with Gasteiger partial charge in [-0.1, -0.05) is 25.7 Å². The van der Waals surface area contributed by atoms with Crippen molar-refractivity contribution in [3.05, 3.63) is 30.1 Å². The molecule has 1 aromatic rings. The van der Waals surface area contributed by atoms with Gasteiger partial charge < -0.3 is 11.1 Å². The number of hydrazone groups is 1. The Morgan fingerprint density at radius 3 is 2.43 bits per heavy atom. The number of carbonyl (C=O) groups excluding carboxylic acids is 2. The first kappa shape index (κ1) is 20.8. The summed E-state index contributed by atoms with van der Waals surface area (Å²) in [6.45, 7) is 1.87. The fraction of sp³-hybridized carbons (Fsp3) is 0.591. The molecule has 1 saturated heterocycles. The van der Waals surface area contributed by atoms with E-state index >= 15 is 0 Å². The Kier molecular flexibility index (Phi) is 6.32. The summed E-state index contributed by atoms with van der Waals surface area (Å²) in [5.74, 6) is -1.19. The Hall–Kier alpha value is -2.48. The van der Waals surface area contributed by atoms with Crippen LogP contribution in [0.2, 0.25) is 0 Å². The maximum atomic E-state index is 13.2. The Morgan fingerprint density at radius 1 is 1.07 bits per heavy atom. The number of hydrogen-bond donors (Lipinski definition) is 2. The van der Waals surface area contributed by atoms with Crippen LogP contribution in [0.1, 0.15) is 51.4 Å². The Labute approximate surface area is 176 Å². The number of halogens is 1. The molecule has 1 saturated carbocycles. The fourth-order valence-corrected chi connectivity index (χ4v) is 4.83. The predicted molar refractivity (Wildman–Crippen MR) is 114 cm³/mol. The summed E-state index contributed by atoms with van der Waals surface area (Å²) in [6, 6.07) is 5.61. The smallest absolute Gasteiger partial charge is 0.267 e. The minimum absolute atomic E-state index is 0.0929. The lowest BCUT2D eigenvalue weighted by Gasteiger charge is -2.26. The van der Waals surface area contributed by atoms with Crippen LogP contribution in [0.3, 0.4) is 0 Å². The molecule has 1 aromatic carbocycles. The minimum atomic E-state index is -0.748. The Bertz CT molecular complexity index is 804. The number of benzene rings is 1. The molecular formula is C22H30FN5O2. The normalized spacial score (nSPS) is 25.8. The van der Waals surface area contributed by atoms with Crippen LogP contribution in [0, 0.1) is 5.82 Å². The SMILES string of the molecule is NC(=O)C1CC(C(=O)NC2CCN(C3CCCCCC3)C2)=NN1c1ccc(F)cc1. The van der Waals surface area contributed by atoms with Crippen molar-refractivity contribution in [2.24, 2.45) is 10.8 Å². The van der Waals surface area contributed by atoms with Crippen molar-refractivity contribution in [3.8, 4) is 0 Å². The first-order valence-electron chi connectivity index (χ1n) is 11.0. The molecule has 0 aromatic heterocycles. The molecule has 0 spiro atoms. The van der Waals surface area contributed by atoms with Gasteiger partial charge in [0.2, 0.25) is 5.91 Å². The second-order valence-corrected chi connectivity index (χ2v) is 8.59. The lowest BCUT2D eigenvalue weighted by Crippen LogP contribution is -2.43. The Balaban J connectivity index is 1.38. The van der Waals surface area contributed by atoms with E-state index in [1.54, 1.807) is 0 Å². The van der Waals surface area contributed by atoms with Gasteiger partial charge in [-0.25, -0.2) is 4.39 Å². The molecule has 0 radical (unpaired) electrons. The molecule has 2 atom stereocenters. The molecule has 2 aliphatic heterocycles. The number of hydrogen-bond acceptors (Lipinski definition) is 5. The number of likely N-dealkylation sites (tertiary alicyclic amines) is 1. The van der Waals surface area contributed by atoms with Crippen molar-refractivity contribution in [1.29, 1.82) is 0 Å². The molecule has 3 aliphatic rings. The number of anilines is 1. The second kappa shape index (κ2) is 9.12. The second-order valence-electron chi connectivity index (χ2n) is 8.59. The van der Waals surface area contributed by atoms with Crippen LogP contribution >= 0.6 is 0 Å². The van der Waals surface area contributed by atoms with E-state index in [0.717, 1.165) is 19.5 Å². The first-order chi connectivity index (χ1) is 14.5. The molecule has 30 heavy (non-hydrogen) atoms. The van der Waals surface area contributed by atoms with Gasteiger partial charge in [0.15, 0.2) is 0 Å². The number of amides is 2. The lowest BCUT2D eigenvalue weighted by atomic mass is 10.1. The molecule has 3 N–H and O–H groups in total. The number of nitrogens with zero attached hydrogens (tertiary/aromatic N) is 3. The molecule has 2 unspecified atom stereocenters. The highest BCUT2D eigenvalue weighted by atomic mass is 19.1. The van der Waals surface area contributed by atoms with Crippen LogP contribution < -0.4 is 16.1 Å². The first-order valence-corrected chi connectivity index (χ1v) is 11.0. The van der Waals surface area contributed by atoms with Crippen molar-refractivity contribution in [2.75, 3.05) is 18.1 Å². The average Bonchev–Trinajstić information content (AvgIpc) is 3.29. The highest BCUT2D eigenvalue weighted by Gasteiger charge is 2.36. The van der Waals surface area contributed by atoms with E-state index in [1.807, 2.05) is 0 Å². The van der Waals surface area contributed by atoms with Gasteiger partial charge >= 0.3 is 0 Å². The third-order valence-corrected chi connectivity index (χ3v) is 6.49. The number of carbonyl (C=O) groups is 2. The van der Waals surface area contributed by atoms with Crippen molar-refractivity contribution in [2.45, 2.75) is 69.5 Å². The summed E-state index contributed by atoms with van der Waals surface area (Å²) in [5, 5.41) is 8.87. The van der Waals surface area contributed by atoms with E-state index in [0.29, 0.717) is 11.7 Å². The topological polar surface area (TPSA) is 91.0 Å². The number of primary amides is 1. The van der Waals surface area contributed by atoms with Crippen molar-refractivity contribution in [3.63, 3.8) is 0 Å². The zero-order valence-electron chi connectivity index (χ0n) is 17.2. The van der Waals surface area contributed by atoms with Crippen LogP contribution in [0.5, 0.6) is 0 Å². The van der Waals surface area contributed by atoms with Crippen LogP contribution in [0.25, 0.3) is 0 Å². The van der Waals surface area contributed by atoms with Gasteiger partial charge in [0.25, 0.3) is 5.91 Å². The molecule has 2 fully saturated rings. The van der Waals surface area contributed by atoms with Gasteiger partial charge in [0.05, 0.1) is 5.69 Å². The molecule has 4 rings (SSSR count). The number of rotatable bonds is 5. The quantitative estimate of drug-likeness (QED) is 0.721. The van der Waals surface area contributed by atoms with Crippen LogP contribution in [-0.4, -0.2) is 53.6 Å². The van der Waals surface area contributed by atoms with Gasteiger partial charge in [-0.2, -0.15) is 5.10 Å². The van der Waals surface area contributed by atoms with Crippen molar-refractivity contribution >= 4 is 23.2 Å². The molecule has 7 nitrogen and oxygen atoms in total. The van der Waals surface area contributed by atoms with E-state index < -0.39 is 11.9 Å². The zero-order valence-corrected chi connectivity index (χ0v) is 17.2. The lowest BCUT2D eigenvalue weighted by molar-refractivity contribution is -0.119. The van der Waals surface area contributed by atoms with Gasteiger partial charge in [-0.05, 0) is 43.5 Å². The summed E-state index contributed by atoms with van der Waals surface area (Å²) in [6.07, 6.45) is 8.83. The standard InChI is InChI=1S/C22H30FN5O2/c23-15-7-9-18(10-8-15)28-20(21(24)29)13-19(26-28)22(30)25-16-11-12-27(14-16)17-5-3-1-2-4-6-17/h7-10,16-17,20H,1-6,11-14H2,(H2,24,29)(H,25,30). The third kappa shape index (κ3) is 4.64. The summed E-state index contributed by atoms with van der Waals surface area (Å²) in [4.78, 5) is 27.3. The van der Waals surface area contributed by atoms with E-state index in [4.69, 9.17) is 5.73 Å². The zero-order chi connectivity index (χ0) is 21.1. The minimum Gasteiger partial charge on any atom is -0.368 e. The molecule has 0 bridgehead atoms. The van der Waals surface area contributed by atoms with E-state index in [1.165, 1.54) is 67.8 Å². The van der Waals surface area contributed by atoms with Gasteiger partial charge in [0.1, 0.15) is 17.6 Å². The van der Waals surface area contributed by atoms with Gasteiger partial charge in [-0.15, -0.1) is 0 Å². The summed E-state index contributed by atoms with van der Waals surface area (Å²) < 4.78 is 13.2. The van der Waals surface area contributed by atoms with Gasteiger partial charge in [-0.3, -0.25) is 19.5 Å². The highest BCUT2D eigenvalue weighted by Crippen LogP contribution is 2.27. The van der Waals surface area contributed by atoms with Crippen LogP contribution in [0.15, 0.2) is 29.4 Å². The molecule has 8 heteroatoms. The molecule has 162 valence electrons.